The van der Waals surface area contributed by atoms with Crippen molar-refractivity contribution in [2.24, 2.45) is 0 Å². The van der Waals surface area contributed by atoms with Gasteiger partial charge in [-0.2, -0.15) is 0 Å². The van der Waals surface area contributed by atoms with E-state index in [4.69, 9.17) is 16.3 Å². The molecule has 0 aromatic heterocycles. The first-order valence-electron chi connectivity index (χ1n) is 13.7. The van der Waals surface area contributed by atoms with Gasteiger partial charge in [-0.1, -0.05) is 61.2 Å². The first kappa shape index (κ1) is 30.4. The molecule has 8 nitrogen and oxygen atoms in total. The predicted octanol–water partition coefficient (Wildman–Crippen LogP) is 5.41. The van der Waals surface area contributed by atoms with Crippen molar-refractivity contribution < 1.29 is 22.7 Å². The van der Waals surface area contributed by atoms with Crippen LogP contribution in [0.25, 0.3) is 0 Å². The molecule has 1 atom stereocenters. The Morgan fingerprint density at radius 1 is 0.976 bits per heavy atom. The van der Waals surface area contributed by atoms with Crippen LogP contribution in [0.3, 0.4) is 0 Å². The van der Waals surface area contributed by atoms with E-state index >= 15 is 0 Å². The summed E-state index contributed by atoms with van der Waals surface area (Å²) in [5, 5.41) is 3.50. The molecule has 41 heavy (non-hydrogen) atoms. The molecule has 2 amide bonds. The van der Waals surface area contributed by atoms with E-state index in [9.17, 15) is 18.0 Å². The molecule has 1 N–H and O–H groups in total. The third-order valence-electron chi connectivity index (χ3n) is 7.33. The molecule has 218 valence electrons. The van der Waals surface area contributed by atoms with E-state index in [0.29, 0.717) is 16.5 Å². The molecular formula is C31H36ClN3O5S. The van der Waals surface area contributed by atoms with Gasteiger partial charge in [0.2, 0.25) is 11.8 Å². The summed E-state index contributed by atoms with van der Waals surface area (Å²) in [6.45, 7) is 1.27. The van der Waals surface area contributed by atoms with Crippen LogP contribution in [0.15, 0.2) is 83.8 Å². The summed E-state index contributed by atoms with van der Waals surface area (Å²) in [5.74, 6) is -0.161. The molecule has 0 heterocycles. The molecule has 3 aromatic rings. The van der Waals surface area contributed by atoms with Crippen LogP contribution in [0, 0.1) is 0 Å². The molecular weight excluding hydrogens is 562 g/mol. The van der Waals surface area contributed by atoms with E-state index < -0.39 is 28.5 Å². The SMILES string of the molecule is COc1cccc(CN(C(=O)CN(c2ccccc2)S(=O)(=O)c2ccc(Cl)cc2)C(C)C(=O)NC2CCCCC2)c1. The summed E-state index contributed by atoms with van der Waals surface area (Å²) in [4.78, 5) is 28.9. The lowest BCUT2D eigenvalue weighted by Crippen LogP contribution is -2.53. The zero-order chi connectivity index (χ0) is 29.4. The highest BCUT2D eigenvalue weighted by atomic mass is 35.5. The minimum absolute atomic E-state index is 0.000916. The largest absolute Gasteiger partial charge is 0.497 e. The van der Waals surface area contributed by atoms with Gasteiger partial charge < -0.3 is 15.0 Å². The van der Waals surface area contributed by atoms with Gasteiger partial charge in [-0.25, -0.2) is 8.42 Å². The Morgan fingerprint density at radius 3 is 2.32 bits per heavy atom. The number of rotatable bonds is 11. The van der Waals surface area contributed by atoms with E-state index in [1.807, 2.05) is 12.1 Å². The number of carbonyl (C=O) groups is 2. The number of halogens is 1. The molecule has 0 aliphatic heterocycles. The first-order valence-corrected chi connectivity index (χ1v) is 15.6. The number of ether oxygens (including phenoxy) is 1. The van der Waals surface area contributed by atoms with Gasteiger partial charge in [0, 0.05) is 17.6 Å². The summed E-state index contributed by atoms with van der Waals surface area (Å²) in [6, 6.07) is 20.7. The van der Waals surface area contributed by atoms with Crippen molar-refractivity contribution in [2.45, 2.75) is 62.6 Å². The number of hydrogen-bond donors (Lipinski definition) is 1. The molecule has 0 bridgehead atoms. The second kappa shape index (κ2) is 13.9. The smallest absolute Gasteiger partial charge is 0.264 e. The van der Waals surface area contributed by atoms with Crippen LogP contribution in [0.2, 0.25) is 5.02 Å². The fourth-order valence-electron chi connectivity index (χ4n) is 4.98. The van der Waals surface area contributed by atoms with Crippen molar-refractivity contribution in [1.82, 2.24) is 10.2 Å². The maximum absolute atomic E-state index is 14.0. The van der Waals surface area contributed by atoms with Gasteiger partial charge in [0.25, 0.3) is 10.0 Å². The fraction of sp³-hybridized carbons (Fsp3) is 0.355. The summed E-state index contributed by atoms with van der Waals surface area (Å²) >= 11 is 6.00. The van der Waals surface area contributed by atoms with Crippen LogP contribution in [0.4, 0.5) is 5.69 Å². The monoisotopic (exact) mass is 597 g/mol. The lowest BCUT2D eigenvalue weighted by atomic mass is 9.95. The normalized spacial score (nSPS) is 14.6. The third-order valence-corrected chi connectivity index (χ3v) is 9.37. The van der Waals surface area contributed by atoms with Gasteiger partial charge in [-0.3, -0.25) is 13.9 Å². The molecule has 1 aliphatic carbocycles. The highest BCUT2D eigenvalue weighted by Crippen LogP contribution is 2.26. The van der Waals surface area contributed by atoms with Crippen molar-refractivity contribution in [3.63, 3.8) is 0 Å². The average molecular weight is 598 g/mol. The number of carbonyl (C=O) groups excluding carboxylic acids is 2. The highest BCUT2D eigenvalue weighted by Gasteiger charge is 2.33. The molecule has 1 fully saturated rings. The van der Waals surface area contributed by atoms with Crippen LogP contribution in [-0.2, 0) is 26.2 Å². The van der Waals surface area contributed by atoms with Crippen LogP contribution in [0.1, 0.15) is 44.6 Å². The van der Waals surface area contributed by atoms with Crippen molar-refractivity contribution in [1.29, 1.82) is 0 Å². The third kappa shape index (κ3) is 7.80. The van der Waals surface area contributed by atoms with Crippen LogP contribution in [-0.4, -0.2) is 50.9 Å². The van der Waals surface area contributed by atoms with Gasteiger partial charge in [0.05, 0.1) is 17.7 Å². The van der Waals surface area contributed by atoms with Crippen molar-refractivity contribution in [3.8, 4) is 5.75 Å². The Kier molecular flexibility index (Phi) is 10.3. The van der Waals surface area contributed by atoms with E-state index in [1.165, 1.54) is 29.2 Å². The first-order chi connectivity index (χ1) is 19.7. The standard InChI is InChI=1S/C31H36ClN3O5S/c1-23(31(37)33-26-11-5-3-6-12-26)34(21-24-10-9-15-28(20-24)40-2)30(36)22-35(27-13-7-4-8-14-27)41(38,39)29-18-16-25(32)17-19-29/h4,7-10,13-20,23,26H,3,5-6,11-12,21-22H2,1-2H3,(H,33,37). The predicted molar refractivity (Wildman–Crippen MR) is 160 cm³/mol. The van der Waals surface area contributed by atoms with Crippen molar-refractivity contribution in [3.05, 3.63) is 89.4 Å². The number of anilines is 1. The van der Waals surface area contributed by atoms with Gasteiger partial charge in [0.15, 0.2) is 0 Å². The number of benzene rings is 3. The highest BCUT2D eigenvalue weighted by molar-refractivity contribution is 7.92. The minimum atomic E-state index is -4.14. The Hall–Kier alpha value is -3.56. The summed E-state index contributed by atoms with van der Waals surface area (Å²) < 4.78 is 34.1. The van der Waals surface area contributed by atoms with Gasteiger partial charge in [-0.05, 0) is 73.9 Å². The van der Waals surface area contributed by atoms with Gasteiger partial charge in [0.1, 0.15) is 18.3 Å². The number of para-hydroxylation sites is 1. The second-order valence-electron chi connectivity index (χ2n) is 10.2. The molecule has 1 unspecified atom stereocenters. The molecule has 4 rings (SSSR count). The van der Waals surface area contributed by atoms with Gasteiger partial charge >= 0.3 is 0 Å². The Bertz CT molecular complexity index is 1430. The van der Waals surface area contributed by atoms with Crippen LogP contribution in [0.5, 0.6) is 5.75 Å². The second-order valence-corrected chi connectivity index (χ2v) is 12.5. The zero-order valence-corrected chi connectivity index (χ0v) is 24.9. The zero-order valence-electron chi connectivity index (χ0n) is 23.3. The summed E-state index contributed by atoms with van der Waals surface area (Å²) in [7, 11) is -2.59. The molecule has 0 spiro atoms. The van der Waals surface area contributed by atoms with E-state index in [-0.39, 0.29) is 23.4 Å². The van der Waals surface area contributed by atoms with E-state index in [2.05, 4.69) is 5.32 Å². The molecule has 10 heteroatoms. The maximum Gasteiger partial charge on any atom is 0.264 e. The lowest BCUT2D eigenvalue weighted by molar-refractivity contribution is -0.139. The van der Waals surface area contributed by atoms with E-state index in [1.54, 1.807) is 56.5 Å². The Morgan fingerprint density at radius 2 is 1.66 bits per heavy atom. The summed E-state index contributed by atoms with van der Waals surface area (Å²) in [6.07, 6.45) is 5.08. The summed E-state index contributed by atoms with van der Waals surface area (Å²) in [5.41, 5.74) is 1.08. The average Bonchev–Trinajstić information content (AvgIpc) is 2.99. The Labute approximate surface area is 247 Å². The molecule has 1 saturated carbocycles. The fourth-order valence-corrected chi connectivity index (χ4v) is 6.52. The molecule has 3 aromatic carbocycles. The van der Waals surface area contributed by atoms with Crippen molar-refractivity contribution >= 4 is 39.1 Å². The Balaban J connectivity index is 1.66. The minimum Gasteiger partial charge on any atom is -0.497 e. The van der Waals surface area contributed by atoms with Crippen LogP contribution < -0.4 is 14.4 Å². The topological polar surface area (TPSA) is 96.0 Å². The van der Waals surface area contributed by atoms with E-state index in [0.717, 1.165) is 42.0 Å². The number of nitrogens with zero attached hydrogens (tertiary/aromatic N) is 2. The molecule has 0 radical (unpaired) electrons. The van der Waals surface area contributed by atoms with Crippen LogP contribution >= 0.6 is 11.6 Å². The number of methoxy groups -OCH3 is 1. The van der Waals surface area contributed by atoms with Crippen molar-refractivity contribution in [2.75, 3.05) is 18.0 Å². The number of amides is 2. The number of nitrogens with one attached hydrogen (secondary N) is 1. The maximum atomic E-state index is 14.0. The quantitative estimate of drug-likeness (QED) is 0.319. The molecule has 0 saturated heterocycles. The molecule has 1 aliphatic rings. The van der Waals surface area contributed by atoms with Gasteiger partial charge in [-0.15, -0.1) is 0 Å². The lowest BCUT2D eigenvalue weighted by Gasteiger charge is -2.33. The number of hydrogen-bond acceptors (Lipinski definition) is 5. The number of sulfonamides is 1.